The molecule has 1 heterocycles. The molecule has 2 aromatic rings. The number of nitrogens with two attached hydrogens (primary N) is 1. The van der Waals surface area contributed by atoms with Crippen LogP contribution >= 0.6 is 0 Å². The van der Waals surface area contributed by atoms with E-state index in [4.69, 9.17) is 10.3 Å². The normalized spacial score (nSPS) is 14.4. The fourth-order valence-electron chi connectivity index (χ4n) is 1.58. The van der Waals surface area contributed by atoms with E-state index in [9.17, 15) is 4.39 Å². The SMILES string of the molecule is CCC(C)[C@H](N)c1nc(-c2ccc(F)cc2)no1. The predicted molar refractivity (Wildman–Crippen MR) is 66.1 cm³/mol. The summed E-state index contributed by atoms with van der Waals surface area (Å²) in [6.07, 6.45) is 0.940. The molecule has 2 rings (SSSR count). The van der Waals surface area contributed by atoms with Crippen molar-refractivity contribution in [2.75, 3.05) is 0 Å². The Bertz CT molecular complexity index is 509. The molecule has 0 saturated heterocycles. The highest BCUT2D eigenvalue weighted by Crippen LogP contribution is 2.23. The largest absolute Gasteiger partial charge is 0.337 e. The maximum absolute atomic E-state index is 12.8. The number of benzene rings is 1. The molecule has 0 bridgehead atoms. The number of aromatic nitrogens is 2. The third kappa shape index (κ3) is 2.56. The summed E-state index contributed by atoms with van der Waals surface area (Å²) in [5, 5.41) is 3.87. The first kappa shape index (κ1) is 12.7. The second-order valence-corrected chi connectivity index (χ2v) is 4.37. The maximum Gasteiger partial charge on any atom is 0.244 e. The molecule has 0 aliphatic heterocycles. The Balaban J connectivity index is 2.22. The van der Waals surface area contributed by atoms with Crippen LogP contribution in [0.15, 0.2) is 28.8 Å². The molecule has 0 radical (unpaired) electrons. The van der Waals surface area contributed by atoms with E-state index in [2.05, 4.69) is 17.1 Å². The molecule has 0 aliphatic carbocycles. The number of rotatable bonds is 4. The second kappa shape index (κ2) is 5.27. The van der Waals surface area contributed by atoms with Gasteiger partial charge in [-0.15, -0.1) is 0 Å². The van der Waals surface area contributed by atoms with Crippen molar-refractivity contribution in [3.05, 3.63) is 36.0 Å². The van der Waals surface area contributed by atoms with E-state index in [1.807, 2.05) is 6.92 Å². The smallest absolute Gasteiger partial charge is 0.244 e. The van der Waals surface area contributed by atoms with Gasteiger partial charge in [-0.1, -0.05) is 25.4 Å². The van der Waals surface area contributed by atoms with Crippen LogP contribution in [0.2, 0.25) is 0 Å². The van der Waals surface area contributed by atoms with Gasteiger partial charge in [0, 0.05) is 5.56 Å². The number of hydrogen-bond donors (Lipinski definition) is 1. The van der Waals surface area contributed by atoms with Crippen molar-refractivity contribution in [3.63, 3.8) is 0 Å². The Morgan fingerprint density at radius 1 is 1.33 bits per heavy atom. The monoisotopic (exact) mass is 249 g/mol. The van der Waals surface area contributed by atoms with Gasteiger partial charge in [-0.3, -0.25) is 0 Å². The first-order valence-electron chi connectivity index (χ1n) is 5.97. The topological polar surface area (TPSA) is 64.9 Å². The average molecular weight is 249 g/mol. The van der Waals surface area contributed by atoms with E-state index in [-0.39, 0.29) is 17.8 Å². The van der Waals surface area contributed by atoms with Gasteiger partial charge in [-0.05, 0) is 30.2 Å². The zero-order valence-corrected chi connectivity index (χ0v) is 10.4. The standard InChI is InChI=1S/C13H16FN3O/c1-3-8(2)11(15)13-16-12(17-18-13)9-4-6-10(14)7-5-9/h4-8,11H,3,15H2,1-2H3/t8?,11-/m0/s1. The van der Waals surface area contributed by atoms with E-state index >= 15 is 0 Å². The van der Waals surface area contributed by atoms with Gasteiger partial charge >= 0.3 is 0 Å². The fourth-order valence-corrected chi connectivity index (χ4v) is 1.58. The van der Waals surface area contributed by atoms with Gasteiger partial charge < -0.3 is 10.3 Å². The van der Waals surface area contributed by atoms with Crippen molar-refractivity contribution in [1.29, 1.82) is 0 Å². The van der Waals surface area contributed by atoms with Crippen LogP contribution in [0, 0.1) is 11.7 Å². The van der Waals surface area contributed by atoms with Crippen LogP contribution in [0.4, 0.5) is 4.39 Å². The lowest BCUT2D eigenvalue weighted by atomic mass is 10.0. The molecule has 1 unspecified atom stereocenters. The van der Waals surface area contributed by atoms with E-state index in [0.29, 0.717) is 17.3 Å². The maximum atomic E-state index is 12.8. The zero-order valence-electron chi connectivity index (χ0n) is 10.4. The summed E-state index contributed by atoms with van der Waals surface area (Å²) < 4.78 is 18.0. The van der Waals surface area contributed by atoms with Gasteiger partial charge in [-0.25, -0.2) is 4.39 Å². The average Bonchev–Trinajstić information content (AvgIpc) is 2.87. The van der Waals surface area contributed by atoms with Crippen molar-refractivity contribution in [3.8, 4) is 11.4 Å². The Morgan fingerprint density at radius 3 is 2.61 bits per heavy atom. The van der Waals surface area contributed by atoms with Crippen LogP contribution < -0.4 is 5.73 Å². The lowest BCUT2D eigenvalue weighted by Crippen LogP contribution is -2.18. The molecule has 0 amide bonds. The van der Waals surface area contributed by atoms with Gasteiger partial charge in [0.05, 0.1) is 6.04 Å². The van der Waals surface area contributed by atoms with E-state index < -0.39 is 0 Å². The van der Waals surface area contributed by atoms with Crippen LogP contribution in [0.3, 0.4) is 0 Å². The lowest BCUT2D eigenvalue weighted by molar-refractivity contribution is 0.312. The molecule has 0 fully saturated rings. The molecule has 2 N–H and O–H groups in total. The van der Waals surface area contributed by atoms with E-state index in [1.54, 1.807) is 12.1 Å². The molecule has 96 valence electrons. The van der Waals surface area contributed by atoms with Crippen LogP contribution in [0.1, 0.15) is 32.2 Å². The summed E-state index contributed by atoms with van der Waals surface area (Å²) in [7, 11) is 0. The summed E-state index contributed by atoms with van der Waals surface area (Å²) >= 11 is 0. The van der Waals surface area contributed by atoms with Crippen molar-refractivity contribution in [2.24, 2.45) is 11.7 Å². The number of hydrogen-bond acceptors (Lipinski definition) is 4. The molecular formula is C13H16FN3O. The van der Waals surface area contributed by atoms with E-state index in [1.165, 1.54) is 12.1 Å². The van der Waals surface area contributed by atoms with Gasteiger partial charge in [-0.2, -0.15) is 4.98 Å². The first-order chi connectivity index (χ1) is 8.61. The summed E-state index contributed by atoms with van der Waals surface area (Å²) in [5.41, 5.74) is 6.72. The quantitative estimate of drug-likeness (QED) is 0.904. The van der Waals surface area contributed by atoms with Gasteiger partial charge in [0.25, 0.3) is 0 Å². The highest BCUT2D eigenvalue weighted by molar-refractivity contribution is 5.53. The Morgan fingerprint density at radius 2 is 2.00 bits per heavy atom. The Kier molecular flexibility index (Phi) is 3.72. The molecule has 1 aromatic carbocycles. The molecule has 0 saturated carbocycles. The summed E-state index contributed by atoms with van der Waals surface area (Å²) in [4.78, 5) is 4.25. The molecule has 5 heteroatoms. The molecule has 0 spiro atoms. The Hall–Kier alpha value is -1.75. The molecule has 1 aromatic heterocycles. The second-order valence-electron chi connectivity index (χ2n) is 4.37. The molecule has 18 heavy (non-hydrogen) atoms. The highest BCUT2D eigenvalue weighted by atomic mass is 19.1. The minimum atomic E-state index is -0.293. The van der Waals surface area contributed by atoms with Crippen LogP contribution in [-0.2, 0) is 0 Å². The summed E-state index contributed by atoms with van der Waals surface area (Å²) in [5.74, 6) is 0.831. The van der Waals surface area contributed by atoms with E-state index in [0.717, 1.165) is 6.42 Å². The summed E-state index contributed by atoms with van der Waals surface area (Å²) in [6.45, 7) is 4.09. The number of nitrogens with zero attached hydrogens (tertiary/aromatic N) is 2. The minimum Gasteiger partial charge on any atom is -0.337 e. The molecule has 2 atom stereocenters. The molecule has 4 nitrogen and oxygen atoms in total. The predicted octanol–water partition coefficient (Wildman–Crippen LogP) is 2.92. The third-order valence-electron chi connectivity index (χ3n) is 3.09. The van der Waals surface area contributed by atoms with Crippen molar-refractivity contribution >= 4 is 0 Å². The molecule has 0 aliphatic rings. The number of halogens is 1. The van der Waals surface area contributed by atoms with Crippen LogP contribution in [0.5, 0.6) is 0 Å². The van der Waals surface area contributed by atoms with Gasteiger partial charge in [0.2, 0.25) is 11.7 Å². The zero-order chi connectivity index (χ0) is 13.1. The van der Waals surface area contributed by atoms with Crippen LogP contribution in [-0.4, -0.2) is 10.1 Å². The molecular weight excluding hydrogens is 233 g/mol. The minimum absolute atomic E-state index is 0.267. The van der Waals surface area contributed by atoms with Crippen molar-refractivity contribution in [1.82, 2.24) is 10.1 Å². The Labute approximate surface area is 105 Å². The van der Waals surface area contributed by atoms with Gasteiger partial charge in [0.1, 0.15) is 5.82 Å². The third-order valence-corrected chi connectivity index (χ3v) is 3.09. The fraction of sp³-hybridized carbons (Fsp3) is 0.385. The van der Waals surface area contributed by atoms with Crippen LogP contribution in [0.25, 0.3) is 11.4 Å². The summed E-state index contributed by atoms with van der Waals surface area (Å²) in [6, 6.07) is 5.67. The van der Waals surface area contributed by atoms with Crippen molar-refractivity contribution in [2.45, 2.75) is 26.3 Å². The van der Waals surface area contributed by atoms with Crippen molar-refractivity contribution < 1.29 is 8.91 Å². The van der Waals surface area contributed by atoms with Gasteiger partial charge in [0.15, 0.2) is 0 Å². The first-order valence-corrected chi connectivity index (χ1v) is 5.97. The lowest BCUT2D eigenvalue weighted by Gasteiger charge is -2.12. The highest BCUT2D eigenvalue weighted by Gasteiger charge is 2.20.